The first kappa shape index (κ1) is 14.9. The predicted molar refractivity (Wildman–Crippen MR) is 81.1 cm³/mol. The number of aliphatic hydroxyl groups is 1. The van der Waals surface area contributed by atoms with Gasteiger partial charge in [-0.3, -0.25) is 4.79 Å². The van der Waals surface area contributed by atoms with Crippen LogP contribution in [0.4, 0.5) is 5.69 Å². The van der Waals surface area contributed by atoms with Crippen LogP contribution >= 0.6 is 0 Å². The molecule has 2 rings (SSSR count). The fraction of sp³-hybridized carbons (Fsp3) is 0.562. The van der Waals surface area contributed by atoms with Crippen molar-refractivity contribution in [3.05, 3.63) is 29.8 Å². The second kappa shape index (κ2) is 6.27. The summed E-state index contributed by atoms with van der Waals surface area (Å²) in [6.07, 6.45) is 1.32. The summed E-state index contributed by atoms with van der Waals surface area (Å²) in [5, 5.41) is 9.89. The molecule has 1 aromatic carbocycles. The summed E-state index contributed by atoms with van der Waals surface area (Å²) in [5.74, 6) is 0.273. The molecule has 2 atom stereocenters. The van der Waals surface area contributed by atoms with Gasteiger partial charge in [-0.1, -0.05) is 6.92 Å². The topological polar surface area (TPSA) is 43.8 Å². The van der Waals surface area contributed by atoms with Crippen LogP contribution in [0.5, 0.6) is 0 Å². The molecule has 4 nitrogen and oxygen atoms in total. The van der Waals surface area contributed by atoms with Gasteiger partial charge in [0.15, 0.2) is 0 Å². The van der Waals surface area contributed by atoms with Gasteiger partial charge in [-0.15, -0.1) is 0 Å². The number of likely N-dealkylation sites (tertiary alicyclic amines) is 1. The van der Waals surface area contributed by atoms with Gasteiger partial charge in [0, 0.05) is 44.4 Å². The number of carbonyl (C=O) groups is 1. The first-order valence-corrected chi connectivity index (χ1v) is 7.27. The summed E-state index contributed by atoms with van der Waals surface area (Å²) >= 11 is 0. The van der Waals surface area contributed by atoms with E-state index in [1.807, 2.05) is 48.2 Å². The highest BCUT2D eigenvalue weighted by Gasteiger charge is 2.29. The Hall–Kier alpha value is -1.55. The van der Waals surface area contributed by atoms with Crippen molar-refractivity contribution in [2.45, 2.75) is 25.9 Å². The first-order valence-electron chi connectivity index (χ1n) is 7.27. The second-order valence-electron chi connectivity index (χ2n) is 5.72. The Balaban J connectivity index is 2.07. The van der Waals surface area contributed by atoms with Gasteiger partial charge in [-0.25, -0.2) is 0 Å². The second-order valence-corrected chi connectivity index (χ2v) is 5.72. The van der Waals surface area contributed by atoms with Crippen molar-refractivity contribution in [3.8, 4) is 0 Å². The van der Waals surface area contributed by atoms with Crippen LogP contribution in [-0.2, 0) is 0 Å². The maximum Gasteiger partial charge on any atom is 0.253 e. The predicted octanol–water partition coefficient (Wildman–Crippen LogP) is 1.99. The zero-order valence-electron chi connectivity index (χ0n) is 12.5. The number of rotatable bonds is 3. The van der Waals surface area contributed by atoms with Crippen molar-refractivity contribution in [1.29, 1.82) is 0 Å². The summed E-state index contributed by atoms with van der Waals surface area (Å²) < 4.78 is 0. The molecule has 1 aromatic rings. The third-order valence-corrected chi connectivity index (χ3v) is 4.14. The van der Waals surface area contributed by atoms with Gasteiger partial charge in [0.1, 0.15) is 0 Å². The van der Waals surface area contributed by atoms with Crippen LogP contribution in [0.1, 0.15) is 30.1 Å². The smallest absolute Gasteiger partial charge is 0.253 e. The minimum atomic E-state index is -0.264. The maximum atomic E-state index is 12.5. The molecular weight excluding hydrogens is 252 g/mol. The Bertz CT molecular complexity index is 456. The van der Waals surface area contributed by atoms with E-state index in [0.717, 1.165) is 17.7 Å². The van der Waals surface area contributed by atoms with Gasteiger partial charge >= 0.3 is 0 Å². The molecule has 110 valence electrons. The summed E-state index contributed by atoms with van der Waals surface area (Å²) in [6, 6.07) is 7.68. The highest BCUT2D eigenvalue weighted by Crippen LogP contribution is 2.22. The zero-order valence-corrected chi connectivity index (χ0v) is 12.5. The Labute approximate surface area is 121 Å². The van der Waals surface area contributed by atoms with Crippen molar-refractivity contribution >= 4 is 11.6 Å². The molecule has 0 saturated carbocycles. The number of carbonyl (C=O) groups excluding carboxylic acids is 1. The molecule has 1 aliphatic rings. The Morgan fingerprint density at radius 1 is 1.35 bits per heavy atom. The number of benzene rings is 1. The fourth-order valence-corrected chi connectivity index (χ4v) is 2.69. The SMILES string of the molecule is CCC1CN(C(=O)c2ccc(N(C)C)cc2)CCC1O. The van der Waals surface area contributed by atoms with Gasteiger partial charge in [-0.2, -0.15) is 0 Å². The highest BCUT2D eigenvalue weighted by atomic mass is 16.3. The van der Waals surface area contributed by atoms with E-state index < -0.39 is 0 Å². The number of hydrogen-bond acceptors (Lipinski definition) is 3. The van der Waals surface area contributed by atoms with E-state index in [1.165, 1.54) is 0 Å². The zero-order chi connectivity index (χ0) is 14.7. The average Bonchev–Trinajstić information content (AvgIpc) is 2.47. The Kier molecular flexibility index (Phi) is 4.65. The lowest BCUT2D eigenvalue weighted by molar-refractivity contribution is 0.0229. The highest BCUT2D eigenvalue weighted by molar-refractivity contribution is 5.94. The van der Waals surface area contributed by atoms with Gasteiger partial charge in [0.2, 0.25) is 0 Å². The molecule has 0 spiro atoms. The molecule has 0 bridgehead atoms. The number of hydrogen-bond donors (Lipinski definition) is 1. The van der Waals surface area contributed by atoms with Crippen LogP contribution in [0, 0.1) is 5.92 Å². The number of aliphatic hydroxyl groups excluding tert-OH is 1. The third kappa shape index (κ3) is 3.12. The van der Waals surface area contributed by atoms with Gasteiger partial charge < -0.3 is 14.9 Å². The normalized spacial score (nSPS) is 22.7. The third-order valence-electron chi connectivity index (χ3n) is 4.14. The lowest BCUT2D eigenvalue weighted by Crippen LogP contribution is -2.45. The van der Waals surface area contributed by atoms with Crippen molar-refractivity contribution in [2.24, 2.45) is 5.92 Å². The van der Waals surface area contributed by atoms with Gasteiger partial charge in [0.25, 0.3) is 5.91 Å². The molecule has 4 heteroatoms. The Morgan fingerprint density at radius 2 is 2.00 bits per heavy atom. The first-order chi connectivity index (χ1) is 9.52. The van der Waals surface area contributed by atoms with E-state index in [2.05, 4.69) is 6.92 Å². The standard InChI is InChI=1S/C16H24N2O2/c1-4-12-11-18(10-9-15(12)19)16(20)13-5-7-14(8-6-13)17(2)3/h5-8,12,15,19H,4,9-11H2,1-3H3. The molecule has 0 aromatic heterocycles. The summed E-state index contributed by atoms with van der Waals surface area (Å²) in [7, 11) is 3.96. The summed E-state index contributed by atoms with van der Waals surface area (Å²) in [5.41, 5.74) is 1.81. The largest absolute Gasteiger partial charge is 0.393 e. The van der Waals surface area contributed by atoms with Crippen molar-refractivity contribution in [1.82, 2.24) is 4.90 Å². The summed E-state index contributed by atoms with van der Waals surface area (Å²) in [4.78, 5) is 16.4. The average molecular weight is 276 g/mol. The molecule has 1 aliphatic heterocycles. The van der Waals surface area contributed by atoms with E-state index in [1.54, 1.807) is 0 Å². The van der Waals surface area contributed by atoms with Gasteiger partial charge in [-0.05, 0) is 37.1 Å². The van der Waals surface area contributed by atoms with Crippen LogP contribution in [0.25, 0.3) is 0 Å². The molecule has 1 fully saturated rings. The fourth-order valence-electron chi connectivity index (χ4n) is 2.69. The van der Waals surface area contributed by atoms with Crippen LogP contribution in [0.2, 0.25) is 0 Å². The molecule has 20 heavy (non-hydrogen) atoms. The quantitative estimate of drug-likeness (QED) is 0.918. The van der Waals surface area contributed by atoms with E-state index in [-0.39, 0.29) is 17.9 Å². The monoisotopic (exact) mass is 276 g/mol. The van der Waals surface area contributed by atoms with E-state index in [9.17, 15) is 9.90 Å². The van der Waals surface area contributed by atoms with Crippen LogP contribution in [0.15, 0.2) is 24.3 Å². The van der Waals surface area contributed by atoms with Crippen molar-refractivity contribution in [2.75, 3.05) is 32.1 Å². The number of amides is 1. The molecule has 1 N–H and O–H groups in total. The summed E-state index contributed by atoms with van der Waals surface area (Å²) in [6.45, 7) is 3.37. The van der Waals surface area contributed by atoms with Crippen LogP contribution in [-0.4, -0.2) is 49.2 Å². The molecule has 0 aliphatic carbocycles. The number of nitrogens with zero attached hydrogens (tertiary/aromatic N) is 2. The minimum Gasteiger partial charge on any atom is -0.393 e. The lowest BCUT2D eigenvalue weighted by atomic mass is 9.92. The van der Waals surface area contributed by atoms with Crippen molar-refractivity contribution < 1.29 is 9.90 Å². The number of piperidine rings is 1. The minimum absolute atomic E-state index is 0.0701. The van der Waals surface area contributed by atoms with E-state index >= 15 is 0 Å². The molecule has 1 saturated heterocycles. The van der Waals surface area contributed by atoms with Crippen LogP contribution in [0.3, 0.4) is 0 Å². The molecular formula is C16H24N2O2. The lowest BCUT2D eigenvalue weighted by Gasteiger charge is -2.35. The van der Waals surface area contributed by atoms with E-state index in [4.69, 9.17) is 0 Å². The molecule has 2 unspecified atom stereocenters. The van der Waals surface area contributed by atoms with Crippen LogP contribution < -0.4 is 4.90 Å². The van der Waals surface area contributed by atoms with Crippen molar-refractivity contribution in [3.63, 3.8) is 0 Å². The van der Waals surface area contributed by atoms with Gasteiger partial charge in [0.05, 0.1) is 6.10 Å². The molecule has 0 radical (unpaired) electrons. The maximum absolute atomic E-state index is 12.5. The Morgan fingerprint density at radius 3 is 2.55 bits per heavy atom. The molecule has 1 amide bonds. The molecule has 1 heterocycles. The number of anilines is 1. The van der Waals surface area contributed by atoms with E-state index in [0.29, 0.717) is 19.5 Å².